The molecule has 0 aliphatic heterocycles. The van der Waals surface area contributed by atoms with Gasteiger partial charge < -0.3 is 19.8 Å². The number of phosphoric ester groups is 1. The molecule has 0 spiro atoms. The van der Waals surface area contributed by atoms with E-state index < -0.39 is 20.0 Å². The van der Waals surface area contributed by atoms with E-state index in [1.54, 1.807) is 6.08 Å². The second-order valence-corrected chi connectivity index (χ2v) is 18.9. The number of nitrogens with one attached hydrogen (secondary N) is 1. The van der Waals surface area contributed by atoms with Crippen molar-refractivity contribution in [2.75, 3.05) is 40.9 Å². The average Bonchev–Trinajstić information content (AvgIpc) is 3.16. The van der Waals surface area contributed by atoms with E-state index in [-0.39, 0.29) is 19.1 Å². The van der Waals surface area contributed by atoms with Gasteiger partial charge in [0.2, 0.25) is 5.91 Å². The molecule has 0 aliphatic carbocycles. The van der Waals surface area contributed by atoms with Gasteiger partial charge in [-0.3, -0.25) is 13.8 Å². The number of unbranched alkanes of at least 4 members (excludes halogenated alkanes) is 26. The van der Waals surface area contributed by atoms with Gasteiger partial charge >= 0.3 is 7.82 Å². The van der Waals surface area contributed by atoms with Crippen LogP contribution in [0.1, 0.15) is 213 Å². The number of rotatable bonds is 43. The Kier molecular flexibility index (Phi) is 39.2. The molecule has 1 amide bonds. The number of allylic oxidation sites excluding steroid dienone is 5. The van der Waals surface area contributed by atoms with Crippen LogP contribution in [0.25, 0.3) is 0 Å². The standard InChI is InChI=1S/C48H93N2O6P/c1-6-8-10-12-14-16-18-19-20-21-22-23-24-25-26-27-28-29-30-32-34-36-38-40-42-48(52)49-46(45-56-57(53,54)55-44-43-50(3,4)5)47(51)41-39-37-35-33-31-17-15-13-11-9-7-2/h11,13,31,33,39,41,46-47,51H,6-10,12,14-30,32,34-38,40,42-45H2,1-5H3,(H-,49,52,53,54)/p+1/b13-11+,33-31+,41-39+. The predicted octanol–water partition coefficient (Wildman–Crippen LogP) is 13.5. The summed E-state index contributed by atoms with van der Waals surface area (Å²) in [5.74, 6) is -0.190. The second kappa shape index (κ2) is 40.1. The lowest BCUT2D eigenvalue weighted by Crippen LogP contribution is -2.45. The average molecular weight is 826 g/mol. The minimum Gasteiger partial charge on any atom is -0.387 e. The van der Waals surface area contributed by atoms with Crippen molar-refractivity contribution in [1.82, 2.24) is 5.32 Å². The number of quaternary nitrogens is 1. The number of aliphatic hydroxyl groups is 1. The summed E-state index contributed by atoms with van der Waals surface area (Å²) in [6.07, 6.45) is 49.5. The van der Waals surface area contributed by atoms with Gasteiger partial charge in [-0.05, 0) is 38.5 Å². The Hall–Kier alpha value is -1.28. The van der Waals surface area contributed by atoms with Gasteiger partial charge in [0.1, 0.15) is 13.2 Å². The molecule has 3 unspecified atom stereocenters. The van der Waals surface area contributed by atoms with Crippen molar-refractivity contribution < 1.29 is 32.9 Å². The number of aliphatic hydroxyl groups excluding tert-OH is 1. The molecule has 57 heavy (non-hydrogen) atoms. The van der Waals surface area contributed by atoms with Crippen molar-refractivity contribution in [3.8, 4) is 0 Å². The highest BCUT2D eigenvalue weighted by Crippen LogP contribution is 2.43. The van der Waals surface area contributed by atoms with E-state index in [4.69, 9.17) is 9.05 Å². The third kappa shape index (κ3) is 42.6. The van der Waals surface area contributed by atoms with Crippen LogP contribution in [0.3, 0.4) is 0 Å². The molecule has 0 rings (SSSR count). The SMILES string of the molecule is CCC/C=C/CC/C=C/CC/C=C/C(O)C(COP(=O)(O)OCC[N+](C)(C)C)NC(=O)CCCCCCCCCCCCCCCCCCCCCCCCCC. The molecule has 0 bridgehead atoms. The van der Waals surface area contributed by atoms with E-state index in [1.807, 2.05) is 27.2 Å². The Balaban J connectivity index is 4.20. The first kappa shape index (κ1) is 55.7. The molecule has 0 fully saturated rings. The monoisotopic (exact) mass is 826 g/mol. The minimum atomic E-state index is -4.34. The molecule has 3 N–H and O–H groups in total. The first-order valence-corrected chi connectivity index (χ1v) is 25.4. The van der Waals surface area contributed by atoms with E-state index in [2.05, 4.69) is 43.5 Å². The fourth-order valence-electron chi connectivity index (χ4n) is 6.79. The van der Waals surface area contributed by atoms with Crippen LogP contribution in [-0.4, -0.2) is 73.4 Å². The summed E-state index contributed by atoms with van der Waals surface area (Å²) in [7, 11) is 1.55. The number of carbonyl (C=O) groups is 1. The largest absolute Gasteiger partial charge is 0.472 e. The summed E-state index contributed by atoms with van der Waals surface area (Å²) >= 11 is 0. The Morgan fingerprint density at radius 2 is 0.965 bits per heavy atom. The maximum Gasteiger partial charge on any atom is 0.472 e. The summed E-state index contributed by atoms with van der Waals surface area (Å²) in [5, 5.41) is 13.8. The lowest BCUT2D eigenvalue weighted by atomic mass is 10.0. The number of carbonyl (C=O) groups excluding carboxylic acids is 1. The highest BCUT2D eigenvalue weighted by molar-refractivity contribution is 7.47. The lowest BCUT2D eigenvalue weighted by molar-refractivity contribution is -0.870. The number of hydrogen-bond donors (Lipinski definition) is 3. The number of nitrogens with zero attached hydrogens (tertiary/aromatic N) is 1. The van der Waals surface area contributed by atoms with Gasteiger partial charge in [-0.2, -0.15) is 0 Å². The normalized spacial score (nSPS) is 14.6. The number of phosphoric acid groups is 1. The summed E-state index contributed by atoms with van der Waals surface area (Å²) in [6.45, 7) is 4.72. The van der Waals surface area contributed by atoms with Crippen LogP contribution in [0, 0.1) is 0 Å². The van der Waals surface area contributed by atoms with Gasteiger partial charge in [-0.25, -0.2) is 4.57 Å². The molecule has 0 saturated heterocycles. The number of amides is 1. The quantitative estimate of drug-likeness (QED) is 0.0245. The minimum absolute atomic E-state index is 0.0544. The van der Waals surface area contributed by atoms with Crippen LogP contribution < -0.4 is 5.32 Å². The van der Waals surface area contributed by atoms with Gasteiger partial charge in [0.15, 0.2) is 0 Å². The third-order valence-corrected chi connectivity index (χ3v) is 11.6. The van der Waals surface area contributed by atoms with Crippen LogP contribution in [0.4, 0.5) is 0 Å². The third-order valence-electron chi connectivity index (χ3n) is 10.6. The maximum atomic E-state index is 12.9. The van der Waals surface area contributed by atoms with Crippen LogP contribution >= 0.6 is 7.82 Å². The van der Waals surface area contributed by atoms with Crippen molar-refractivity contribution in [1.29, 1.82) is 0 Å². The molecule has 8 nitrogen and oxygen atoms in total. The molecule has 336 valence electrons. The van der Waals surface area contributed by atoms with Gasteiger partial charge in [0.25, 0.3) is 0 Å². The highest BCUT2D eigenvalue weighted by Gasteiger charge is 2.27. The predicted molar refractivity (Wildman–Crippen MR) is 244 cm³/mol. The van der Waals surface area contributed by atoms with Crippen molar-refractivity contribution in [2.45, 2.75) is 225 Å². The maximum absolute atomic E-state index is 12.9. The number of likely N-dealkylation sites (N-methyl/N-ethyl adjacent to an activating group) is 1. The summed E-state index contributed by atoms with van der Waals surface area (Å²) in [5.41, 5.74) is 0. The van der Waals surface area contributed by atoms with Crippen LogP contribution in [0.2, 0.25) is 0 Å². The molecule has 0 heterocycles. The Morgan fingerprint density at radius 1 is 0.579 bits per heavy atom. The van der Waals surface area contributed by atoms with Gasteiger partial charge in [0.05, 0.1) is 39.9 Å². The van der Waals surface area contributed by atoms with Crippen molar-refractivity contribution in [2.24, 2.45) is 0 Å². The molecule has 0 aromatic carbocycles. The molecule has 0 saturated carbocycles. The van der Waals surface area contributed by atoms with Crippen molar-refractivity contribution in [3.05, 3.63) is 36.5 Å². The molecule has 0 aliphatic rings. The molecular weight excluding hydrogens is 732 g/mol. The smallest absolute Gasteiger partial charge is 0.387 e. The van der Waals surface area contributed by atoms with Crippen molar-refractivity contribution >= 4 is 13.7 Å². The molecule has 9 heteroatoms. The summed E-state index contributed by atoms with van der Waals surface area (Å²) < 4.78 is 23.5. The van der Waals surface area contributed by atoms with E-state index in [0.717, 1.165) is 51.4 Å². The van der Waals surface area contributed by atoms with Crippen molar-refractivity contribution in [3.63, 3.8) is 0 Å². The Labute approximate surface area is 353 Å². The fraction of sp³-hybridized carbons (Fsp3) is 0.854. The lowest BCUT2D eigenvalue weighted by Gasteiger charge is -2.25. The molecule has 0 aromatic heterocycles. The topological polar surface area (TPSA) is 105 Å². The zero-order chi connectivity index (χ0) is 42.1. The zero-order valence-electron chi connectivity index (χ0n) is 38.1. The van der Waals surface area contributed by atoms with Gasteiger partial charge in [-0.1, -0.05) is 204 Å². The molecule has 3 atom stereocenters. The molecule has 0 aromatic rings. The summed E-state index contributed by atoms with van der Waals surface area (Å²) in [4.78, 5) is 23.1. The van der Waals surface area contributed by atoms with E-state index in [1.165, 1.54) is 141 Å². The van der Waals surface area contributed by atoms with Crippen LogP contribution in [0.5, 0.6) is 0 Å². The van der Waals surface area contributed by atoms with E-state index >= 15 is 0 Å². The highest BCUT2D eigenvalue weighted by atomic mass is 31.2. The van der Waals surface area contributed by atoms with Crippen LogP contribution in [-0.2, 0) is 18.4 Å². The zero-order valence-corrected chi connectivity index (χ0v) is 39.0. The molecule has 0 radical (unpaired) electrons. The Morgan fingerprint density at radius 3 is 1.37 bits per heavy atom. The van der Waals surface area contributed by atoms with E-state index in [0.29, 0.717) is 17.4 Å². The van der Waals surface area contributed by atoms with Gasteiger partial charge in [0, 0.05) is 6.42 Å². The van der Waals surface area contributed by atoms with Crippen LogP contribution in [0.15, 0.2) is 36.5 Å². The first-order valence-electron chi connectivity index (χ1n) is 23.9. The number of hydrogen-bond acceptors (Lipinski definition) is 5. The Bertz CT molecular complexity index is 1030. The second-order valence-electron chi connectivity index (χ2n) is 17.5. The summed E-state index contributed by atoms with van der Waals surface area (Å²) in [6, 6.07) is -0.865. The fourth-order valence-corrected chi connectivity index (χ4v) is 7.52. The molecular formula is C48H94N2O6P+. The first-order chi connectivity index (χ1) is 27.5. The van der Waals surface area contributed by atoms with Gasteiger partial charge in [-0.15, -0.1) is 0 Å². The van der Waals surface area contributed by atoms with E-state index in [9.17, 15) is 19.4 Å².